The van der Waals surface area contributed by atoms with Gasteiger partial charge in [-0.2, -0.15) is 35.9 Å². The Morgan fingerprint density at radius 2 is 2.00 bits per heavy atom. The van der Waals surface area contributed by atoms with Gasteiger partial charge in [0.2, 0.25) is 0 Å². The first-order chi connectivity index (χ1) is 6.84. The van der Waals surface area contributed by atoms with Crippen LogP contribution in [0.15, 0.2) is 42.5 Å². The molecule has 1 aromatic carbocycles. The largest absolute Gasteiger partial charge is 0.384 e. The van der Waals surface area contributed by atoms with Gasteiger partial charge in [0.25, 0.3) is 0 Å². The first kappa shape index (κ1) is 11.9. The van der Waals surface area contributed by atoms with Gasteiger partial charge in [0, 0.05) is 25.8 Å². The summed E-state index contributed by atoms with van der Waals surface area (Å²) in [7, 11) is 0. The Hall–Kier alpha value is -1.18. The molecule has 0 aliphatic carbocycles. The van der Waals surface area contributed by atoms with E-state index in [1.807, 2.05) is 36.4 Å². The van der Waals surface area contributed by atoms with Crippen molar-refractivity contribution < 1.29 is 20.1 Å². The van der Waals surface area contributed by atoms with Crippen LogP contribution in [0.4, 0.5) is 5.82 Å². The van der Waals surface area contributed by atoms with Crippen molar-refractivity contribution in [3.63, 3.8) is 0 Å². The van der Waals surface area contributed by atoms with Gasteiger partial charge >= 0.3 is 0 Å². The standard InChI is InChI=1S/C12H11N2.Ir/c13-12-8-4-7-11(14-12)9-10-5-2-1-3-6-10;/h1-5,7-8H,9H2,(H2,13,14);/q-1;. The Morgan fingerprint density at radius 3 is 2.67 bits per heavy atom. The van der Waals surface area contributed by atoms with Crippen molar-refractivity contribution in [3.8, 4) is 0 Å². The Balaban J connectivity index is 0.00000112. The average molecular weight is 375 g/mol. The number of nitrogen functional groups attached to an aromatic ring is 1. The third kappa shape index (κ3) is 3.46. The summed E-state index contributed by atoms with van der Waals surface area (Å²) in [5.41, 5.74) is 7.70. The van der Waals surface area contributed by atoms with Crippen molar-refractivity contribution >= 4 is 5.82 Å². The van der Waals surface area contributed by atoms with Crippen LogP contribution >= 0.6 is 0 Å². The molecule has 0 saturated carbocycles. The fourth-order valence-electron chi connectivity index (χ4n) is 1.33. The molecule has 0 unspecified atom stereocenters. The quantitative estimate of drug-likeness (QED) is 0.816. The normalized spacial score (nSPS) is 9.33. The zero-order valence-corrected chi connectivity index (χ0v) is 10.5. The second-order valence-corrected chi connectivity index (χ2v) is 3.12. The van der Waals surface area contributed by atoms with E-state index in [-0.39, 0.29) is 20.1 Å². The van der Waals surface area contributed by atoms with E-state index >= 15 is 0 Å². The van der Waals surface area contributed by atoms with Gasteiger partial charge in [0.15, 0.2) is 0 Å². The second kappa shape index (κ2) is 5.64. The van der Waals surface area contributed by atoms with E-state index < -0.39 is 0 Å². The Labute approximate surface area is 103 Å². The van der Waals surface area contributed by atoms with E-state index in [9.17, 15) is 0 Å². The van der Waals surface area contributed by atoms with Crippen LogP contribution in [-0.2, 0) is 26.5 Å². The van der Waals surface area contributed by atoms with Crippen molar-refractivity contribution in [1.29, 1.82) is 0 Å². The molecule has 0 saturated heterocycles. The van der Waals surface area contributed by atoms with Crippen molar-refractivity contribution in [2.45, 2.75) is 6.42 Å². The molecule has 0 atom stereocenters. The van der Waals surface area contributed by atoms with Crippen molar-refractivity contribution in [2.75, 3.05) is 5.73 Å². The van der Waals surface area contributed by atoms with Crippen LogP contribution < -0.4 is 5.73 Å². The molecular weight excluding hydrogens is 364 g/mol. The predicted octanol–water partition coefficient (Wildman–Crippen LogP) is 2.05. The summed E-state index contributed by atoms with van der Waals surface area (Å²) in [6.45, 7) is 0. The molecule has 0 aliphatic heterocycles. The molecule has 2 aromatic rings. The molecule has 0 spiro atoms. The Morgan fingerprint density at radius 1 is 1.13 bits per heavy atom. The van der Waals surface area contributed by atoms with E-state index in [0.29, 0.717) is 5.82 Å². The number of pyridine rings is 1. The Bertz CT molecular complexity index is 415. The number of hydrogen-bond acceptors (Lipinski definition) is 2. The van der Waals surface area contributed by atoms with E-state index in [1.165, 1.54) is 0 Å². The average Bonchev–Trinajstić information content (AvgIpc) is 2.19. The monoisotopic (exact) mass is 376 g/mol. The minimum Gasteiger partial charge on any atom is -0.384 e. The molecule has 15 heavy (non-hydrogen) atoms. The maximum absolute atomic E-state index is 5.59. The number of anilines is 1. The van der Waals surface area contributed by atoms with Gasteiger partial charge in [-0.05, 0) is 18.6 Å². The van der Waals surface area contributed by atoms with Gasteiger partial charge in [-0.15, -0.1) is 0 Å². The SMILES string of the molecule is Nc1cccc(Cc2[c-]cccc2)n1.[Ir]. The molecule has 79 valence electrons. The van der Waals surface area contributed by atoms with Crippen LogP contribution in [0.5, 0.6) is 0 Å². The van der Waals surface area contributed by atoms with E-state index in [2.05, 4.69) is 11.1 Å². The number of nitrogens with two attached hydrogens (primary N) is 1. The summed E-state index contributed by atoms with van der Waals surface area (Å²) in [4.78, 5) is 4.23. The van der Waals surface area contributed by atoms with Gasteiger partial charge in [0.1, 0.15) is 5.82 Å². The minimum atomic E-state index is 0. The van der Waals surface area contributed by atoms with Crippen LogP contribution in [0.2, 0.25) is 0 Å². The number of hydrogen-bond donors (Lipinski definition) is 1. The van der Waals surface area contributed by atoms with Gasteiger partial charge in [-0.3, -0.25) is 0 Å². The maximum Gasteiger partial charge on any atom is 0.123 e. The zero-order chi connectivity index (χ0) is 9.80. The molecule has 3 heteroatoms. The third-order valence-electron chi connectivity index (χ3n) is 1.97. The molecule has 2 N–H and O–H groups in total. The van der Waals surface area contributed by atoms with Crippen LogP contribution in [0, 0.1) is 6.07 Å². The number of nitrogens with zero attached hydrogens (tertiary/aromatic N) is 1. The molecule has 1 aromatic heterocycles. The third-order valence-corrected chi connectivity index (χ3v) is 1.97. The molecule has 0 bridgehead atoms. The summed E-state index contributed by atoms with van der Waals surface area (Å²) < 4.78 is 0. The minimum absolute atomic E-state index is 0. The summed E-state index contributed by atoms with van der Waals surface area (Å²) in [5, 5.41) is 0. The van der Waals surface area contributed by atoms with E-state index in [4.69, 9.17) is 5.73 Å². The summed E-state index contributed by atoms with van der Waals surface area (Å²) in [5.74, 6) is 0.568. The summed E-state index contributed by atoms with van der Waals surface area (Å²) in [6, 6.07) is 16.7. The molecule has 0 fully saturated rings. The molecule has 1 radical (unpaired) electrons. The van der Waals surface area contributed by atoms with Gasteiger partial charge in [0.05, 0.1) is 0 Å². The molecule has 2 rings (SSSR count). The van der Waals surface area contributed by atoms with Crippen LogP contribution in [-0.4, -0.2) is 4.98 Å². The topological polar surface area (TPSA) is 38.9 Å². The fraction of sp³-hybridized carbons (Fsp3) is 0.0833. The van der Waals surface area contributed by atoms with Gasteiger partial charge < -0.3 is 5.73 Å². The zero-order valence-electron chi connectivity index (χ0n) is 8.11. The van der Waals surface area contributed by atoms with E-state index in [0.717, 1.165) is 17.7 Å². The molecule has 1 heterocycles. The van der Waals surface area contributed by atoms with E-state index in [1.54, 1.807) is 6.07 Å². The van der Waals surface area contributed by atoms with Gasteiger partial charge in [-0.25, -0.2) is 4.98 Å². The number of rotatable bonds is 2. The molecule has 0 aliphatic rings. The van der Waals surface area contributed by atoms with Gasteiger partial charge in [-0.1, -0.05) is 6.07 Å². The van der Waals surface area contributed by atoms with Crippen LogP contribution in [0.25, 0.3) is 0 Å². The van der Waals surface area contributed by atoms with Crippen molar-refractivity contribution in [3.05, 3.63) is 59.8 Å². The maximum atomic E-state index is 5.59. The Kier molecular flexibility index (Phi) is 4.47. The van der Waals surface area contributed by atoms with Crippen molar-refractivity contribution in [2.24, 2.45) is 0 Å². The molecule has 0 amide bonds. The number of benzene rings is 1. The fourth-order valence-corrected chi connectivity index (χ4v) is 1.33. The van der Waals surface area contributed by atoms with Crippen LogP contribution in [0.1, 0.15) is 11.3 Å². The predicted molar refractivity (Wildman–Crippen MR) is 56.7 cm³/mol. The second-order valence-electron chi connectivity index (χ2n) is 3.12. The molecular formula is C12H11IrN2-. The number of aromatic nitrogens is 1. The smallest absolute Gasteiger partial charge is 0.123 e. The molecule has 2 nitrogen and oxygen atoms in total. The van der Waals surface area contributed by atoms with Crippen molar-refractivity contribution in [1.82, 2.24) is 4.98 Å². The first-order valence-corrected chi connectivity index (χ1v) is 4.51. The summed E-state index contributed by atoms with van der Waals surface area (Å²) in [6.07, 6.45) is 0.784. The first-order valence-electron chi connectivity index (χ1n) is 4.51. The van der Waals surface area contributed by atoms with Crippen LogP contribution in [0.3, 0.4) is 0 Å². The summed E-state index contributed by atoms with van der Waals surface area (Å²) >= 11 is 0.